The Hall–Kier alpha value is -0.120. The number of hydrogen-bond donors (Lipinski definition) is 1. The van der Waals surface area contributed by atoms with E-state index in [4.69, 9.17) is 10.5 Å². The largest absolute Gasteiger partial charge is 0.381 e. The third-order valence-electron chi connectivity index (χ3n) is 4.69. The Labute approximate surface area is 112 Å². The molecule has 1 aliphatic heterocycles. The first-order valence-corrected chi connectivity index (χ1v) is 7.77. The normalized spacial score (nSPS) is 25.5. The number of hydrogen-bond acceptors (Lipinski definition) is 3. The molecule has 0 spiro atoms. The van der Waals surface area contributed by atoms with Crippen molar-refractivity contribution in [2.75, 3.05) is 33.4 Å². The van der Waals surface area contributed by atoms with Crippen molar-refractivity contribution in [1.29, 1.82) is 0 Å². The van der Waals surface area contributed by atoms with Gasteiger partial charge in [-0.2, -0.15) is 0 Å². The molecular formula is C15H30N2O. The highest BCUT2D eigenvalue weighted by Crippen LogP contribution is 2.26. The summed E-state index contributed by atoms with van der Waals surface area (Å²) in [7, 11) is 2.23. The van der Waals surface area contributed by atoms with Crippen LogP contribution in [0.4, 0.5) is 0 Å². The van der Waals surface area contributed by atoms with E-state index in [0.717, 1.165) is 31.6 Å². The summed E-state index contributed by atoms with van der Waals surface area (Å²) < 4.78 is 5.41. The summed E-state index contributed by atoms with van der Waals surface area (Å²) in [5, 5.41) is 0. The number of nitrogens with two attached hydrogens (primary N) is 1. The number of nitrogens with zero attached hydrogens (tertiary/aromatic N) is 1. The highest BCUT2D eigenvalue weighted by molar-refractivity contribution is 4.79. The van der Waals surface area contributed by atoms with Crippen LogP contribution in [0.15, 0.2) is 0 Å². The topological polar surface area (TPSA) is 38.5 Å². The van der Waals surface area contributed by atoms with Crippen LogP contribution >= 0.6 is 0 Å². The lowest BCUT2D eigenvalue weighted by molar-refractivity contribution is 0.0541. The summed E-state index contributed by atoms with van der Waals surface area (Å²) in [6.45, 7) is 4.17. The Balaban J connectivity index is 1.67. The Kier molecular flexibility index (Phi) is 5.93. The monoisotopic (exact) mass is 254 g/mol. The third kappa shape index (κ3) is 4.52. The van der Waals surface area contributed by atoms with E-state index in [1.54, 1.807) is 0 Å². The molecule has 18 heavy (non-hydrogen) atoms. The summed E-state index contributed by atoms with van der Waals surface area (Å²) in [4.78, 5) is 2.45. The molecular weight excluding hydrogens is 224 g/mol. The fourth-order valence-corrected chi connectivity index (χ4v) is 3.52. The molecule has 0 aromatic carbocycles. The van der Waals surface area contributed by atoms with Crippen molar-refractivity contribution < 1.29 is 4.74 Å². The van der Waals surface area contributed by atoms with Crippen molar-refractivity contribution in [3.63, 3.8) is 0 Å². The summed E-state index contributed by atoms with van der Waals surface area (Å²) in [6.07, 6.45) is 9.36. The van der Waals surface area contributed by atoms with E-state index in [0.29, 0.717) is 6.04 Å². The van der Waals surface area contributed by atoms with Gasteiger partial charge in [0, 0.05) is 32.3 Å². The van der Waals surface area contributed by atoms with Crippen LogP contribution < -0.4 is 5.73 Å². The maximum atomic E-state index is 6.39. The molecule has 1 saturated carbocycles. The van der Waals surface area contributed by atoms with E-state index < -0.39 is 0 Å². The maximum Gasteiger partial charge on any atom is 0.0469 e. The standard InChI is InChI=1S/C15H30N2O/c1-17(11-13-7-9-18-10-8-13)12-15(16)14-5-3-2-4-6-14/h13-15H,2-12,16H2,1H3. The van der Waals surface area contributed by atoms with Crippen LogP contribution in [-0.2, 0) is 4.74 Å². The summed E-state index contributed by atoms with van der Waals surface area (Å²) in [6, 6.07) is 0.384. The quantitative estimate of drug-likeness (QED) is 0.818. The van der Waals surface area contributed by atoms with Gasteiger partial charge >= 0.3 is 0 Å². The maximum absolute atomic E-state index is 6.39. The molecule has 0 radical (unpaired) electrons. The fourth-order valence-electron chi connectivity index (χ4n) is 3.52. The average molecular weight is 254 g/mol. The molecule has 1 unspecified atom stereocenters. The molecule has 3 nitrogen and oxygen atoms in total. The van der Waals surface area contributed by atoms with Gasteiger partial charge in [-0.15, -0.1) is 0 Å². The zero-order valence-corrected chi connectivity index (χ0v) is 11.9. The molecule has 0 aromatic rings. The lowest BCUT2D eigenvalue weighted by Crippen LogP contribution is -2.43. The first-order chi connectivity index (χ1) is 8.75. The van der Waals surface area contributed by atoms with Crippen LogP contribution in [0, 0.1) is 11.8 Å². The first kappa shape index (κ1) is 14.3. The fraction of sp³-hybridized carbons (Fsp3) is 1.00. The second kappa shape index (κ2) is 7.46. The molecule has 1 atom stereocenters. The highest BCUT2D eigenvalue weighted by Gasteiger charge is 2.23. The smallest absolute Gasteiger partial charge is 0.0469 e. The molecule has 0 bridgehead atoms. The van der Waals surface area contributed by atoms with Gasteiger partial charge in [-0.3, -0.25) is 0 Å². The van der Waals surface area contributed by atoms with Crippen LogP contribution in [-0.4, -0.2) is 44.3 Å². The van der Waals surface area contributed by atoms with Gasteiger partial charge in [-0.05, 0) is 44.6 Å². The van der Waals surface area contributed by atoms with Crippen LogP contribution in [0.3, 0.4) is 0 Å². The first-order valence-electron chi connectivity index (χ1n) is 7.77. The van der Waals surface area contributed by atoms with Crippen molar-refractivity contribution in [3.05, 3.63) is 0 Å². The third-order valence-corrected chi connectivity index (χ3v) is 4.69. The second-order valence-corrected chi connectivity index (χ2v) is 6.34. The molecule has 3 heteroatoms. The van der Waals surface area contributed by atoms with Gasteiger partial charge in [0.25, 0.3) is 0 Å². The average Bonchev–Trinajstić information content (AvgIpc) is 2.40. The summed E-state index contributed by atoms with van der Waals surface area (Å²) in [5.74, 6) is 1.60. The second-order valence-electron chi connectivity index (χ2n) is 6.34. The summed E-state index contributed by atoms with van der Waals surface area (Å²) >= 11 is 0. The molecule has 2 rings (SSSR count). The Morgan fingerprint density at radius 1 is 1.11 bits per heavy atom. The van der Waals surface area contributed by atoms with Gasteiger partial charge in [-0.1, -0.05) is 19.3 Å². The van der Waals surface area contributed by atoms with Gasteiger partial charge in [0.2, 0.25) is 0 Å². The van der Waals surface area contributed by atoms with Gasteiger partial charge in [-0.25, -0.2) is 0 Å². The minimum Gasteiger partial charge on any atom is -0.381 e. The minimum absolute atomic E-state index is 0.384. The molecule has 2 N–H and O–H groups in total. The van der Waals surface area contributed by atoms with Gasteiger partial charge in [0.1, 0.15) is 0 Å². The van der Waals surface area contributed by atoms with E-state index >= 15 is 0 Å². The van der Waals surface area contributed by atoms with E-state index in [-0.39, 0.29) is 0 Å². The summed E-state index contributed by atoms with van der Waals surface area (Å²) in [5.41, 5.74) is 6.39. The van der Waals surface area contributed by atoms with E-state index in [9.17, 15) is 0 Å². The van der Waals surface area contributed by atoms with Crippen molar-refractivity contribution in [1.82, 2.24) is 4.90 Å². The van der Waals surface area contributed by atoms with Crippen LogP contribution in [0.5, 0.6) is 0 Å². The van der Waals surface area contributed by atoms with Gasteiger partial charge in [0.05, 0.1) is 0 Å². The predicted molar refractivity (Wildman–Crippen MR) is 75.6 cm³/mol. The van der Waals surface area contributed by atoms with Gasteiger partial charge in [0.15, 0.2) is 0 Å². The molecule has 1 heterocycles. The molecule has 1 saturated heterocycles. The van der Waals surface area contributed by atoms with Crippen LogP contribution in [0.1, 0.15) is 44.9 Å². The van der Waals surface area contributed by atoms with E-state index in [2.05, 4.69) is 11.9 Å². The lowest BCUT2D eigenvalue weighted by atomic mass is 9.84. The Morgan fingerprint density at radius 2 is 1.78 bits per heavy atom. The predicted octanol–water partition coefficient (Wildman–Crippen LogP) is 2.25. The van der Waals surface area contributed by atoms with Gasteiger partial charge < -0.3 is 15.4 Å². The zero-order chi connectivity index (χ0) is 12.8. The van der Waals surface area contributed by atoms with Crippen molar-refractivity contribution >= 4 is 0 Å². The minimum atomic E-state index is 0.384. The number of ether oxygens (including phenoxy) is 1. The van der Waals surface area contributed by atoms with E-state index in [1.807, 2.05) is 0 Å². The van der Waals surface area contributed by atoms with Crippen LogP contribution in [0.25, 0.3) is 0 Å². The molecule has 0 aromatic heterocycles. The molecule has 2 fully saturated rings. The Bertz CT molecular complexity index is 223. The molecule has 1 aliphatic carbocycles. The van der Waals surface area contributed by atoms with Crippen molar-refractivity contribution in [2.45, 2.75) is 51.0 Å². The van der Waals surface area contributed by atoms with Crippen LogP contribution in [0.2, 0.25) is 0 Å². The number of likely N-dealkylation sites (N-methyl/N-ethyl adjacent to an activating group) is 1. The highest BCUT2D eigenvalue weighted by atomic mass is 16.5. The van der Waals surface area contributed by atoms with Crippen molar-refractivity contribution in [2.24, 2.45) is 17.6 Å². The lowest BCUT2D eigenvalue weighted by Gasteiger charge is -2.32. The van der Waals surface area contributed by atoms with E-state index in [1.165, 1.54) is 51.5 Å². The molecule has 0 amide bonds. The Morgan fingerprint density at radius 3 is 2.44 bits per heavy atom. The molecule has 106 valence electrons. The number of rotatable bonds is 5. The zero-order valence-electron chi connectivity index (χ0n) is 11.9. The molecule has 2 aliphatic rings. The van der Waals surface area contributed by atoms with Crippen molar-refractivity contribution in [3.8, 4) is 0 Å². The SMILES string of the molecule is CN(CC1CCOCC1)CC(N)C1CCCCC1.